The Bertz CT molecular complexity index is 2050. The van der Waals surface area contributed by atoms with Gasteiger partial charge in [0.1, 0.15) is 6.61 Å². The molecule has 0 radical (unpaired) electrons. The van der Waals surface area contributed by atoms with Gasteiger partial charge in [-0.05, 0) is 73.0 Å². The Morgan fingerprint density at radius 3 is 2.47 bits per heavy atom. The van der Waals surface area contributed by atoms with Gasteiger partial charge in [0.05, 0.1) is 35.6 Å². The molecule has 4 heterocycles. The molecule has 0 saturated heterocycles. The molecule has 7 rings (SSSR count). The summed E-state index contributed by atoms with van der Waals surface area (Å²) >= 11 is 1.24. The van der Waals surface area contributed by atoms with Gasteiger partial charge in [0.15, 0.2) is 39.3 Å². The summed E-state index contributed by atoms with van der Waals surface area (Å²) in [6.45, 7) is 4.28. The standard InChI is InChI=1S/C33H28N2O9S/c1-4-39-32(37)29-18(2)34-33-35(30(29)21-7-10-24-27(14-21)44-17-42-24)31(36)28(45-33)13-19-5-8-22(25(11-19)38-3)40-15-20-6-9-23-26(12-20)43-16-41-23/h5-14,30H,4,15-17H2,1-3H3/b28-13-/t30-/m1/s1. The van der Waals surface area contributed by atoms with Crippen molar-refractivity contribution in [2.75, 3.05) is 27.3 Å². The molecule has 1 atom stereocenters. The van der Waals surface area contributed by atoms with Gasteiger partial charge < -0.3 is 33.2 Å². The van der Waals surface area contributed by atoms with Gasteiger partial charge in [-0.25, -0.2) is 9.79 Å². The molecule has 0 fully saturated rings. The Labute approximate surface area is 261 Å². The van der Waals surface area contributed by atoms with Crippen LogP contribution in [-0.2, 0) is 16.1 Å². The second kappa shape index (κ2) is 11.7. The summed E-state index contributed by atoms with van der Waals surface area (Å²) in [5.41, 5.74) is 2.80. The van der Waals surface area contributed by atoms with E-state index in [9.17, 15) is 9.59 Å². The van der Waals surface area contributed by atoms with Gasteiger partial charge >= 0.3 is 5.97 Å². The number of rotatable bonds is 8. The van der Waals surface area contributed by atoms with Crippen molar-refractivity contribution in [3.05, 3.63) is 102 Å². The van der Waals surface area contributed by atoms with Crippen molar-refractivity contribution in [1.29, 1.82) is 0 Å². The largest absolute Gasteiger partial charge is 0.493 e. The lowest BCUT2D eigenvalue weighted by Gasteiger charge is -2.24. The van der Waals surface area contributed by atoms with Gasteiger partial charge in [-0.3, -0.25) is 9.36 Å². The summed E-state index contributed by atoms with van der Waals surface area (Å²) in [7, 11) is 1.56. The van der Waals surface area contributed by atoms with Gasteiger partial charge in [-0.2, -0.15) is 0 Å². The summed E-state index contributed by atoms with van der Waals surface area (Å²) in [6.07, 6.45) is 1.77. The van der Waals surface area contributed by atoms with E-state index in [-0.39, 0.29) is 25.8 Å². The fraction of sp³-hybridized carbons (Fsp3) is 0.242. The van der Waals surface area contributed by atoms with Crippen LogP contribution in [0.1, 0.15) is 36.6 Å². The lowest BCUT2D eigenvalue weighted by Crippen LogP contribution is -2.39. The molecule has 45 heavy (non-hydrogen) atoms. The average Bonchev–Trinajstić information content (AvgIpc) is 3.78. The third kappa shape index (κ3) is 5.27. The normalized spacial score (nSPS) is 16.3. The zero-order valence-electron chi connectivity index (χ0n) is 24.7. The van der Waals surface area contributed by atoms with E-state index in [1.165, 1.54) is 15.9 Å². The molecule has 0 unspecified atom stereocenters. The lowest BCUT2D eigenvalue weighted by atomic mass is 9.95. The predicted molar refractivity (Wildman–Crippen MR) is 163 cm³/mol. The topological polar surface area (TPSA) is 116 Å². The molecule has 0 amide bonds. The number of methoxy groups -OCH3 is 1. The Morgan fingerprint density at radius 1 is 0.978 bits per heavy atom. The molecule has 12 heteroatoms. The second-order valence-electron chi connectivity index (χ2n) is 10.3. The third-order valence-electron chi connectivity index (χ3n) is 7.55. The van der Waals surface area contributed by atoms with Crippen LogP contribution in [0.25, 0.3) is 6.08 Å². The van der Waals surface area contributed by atoms with Crippen LogP contribution in [0.4, 0.5) is 0 Å². The van der Waals surface area contributed by atoms with E-state index in [0.717, 1.165) is 11.1 Å². The highest BCUT2D eigenvalue weighted by molar-refractivity contribution is 7.07. The zero-order chi connectivity index (χ0) is 31.1. The lowest BCUT2D eigenvalue weighted by molar-refractivity contribution is -0.139. The van der Waals surface area contributed by atoms with Crippen LogP contribution in [0.2, 0.25) is 0 Å². The first-order chi connectivity index (χ1) is 21.9. The number of hydrogen-bond donors (Lipinski definition) is 0. The Hall–Kier alpha value is -5.23. The maximum absolute atomic E-state index is 14.0. The number of esters is 1. The number of carbonyl (C=O) groups is 1. The highest BCUT2D eigenvalue weighted by Crippen LogP contribution is 2.38. The fourth-order valence-corrected chi connectivity index (χ4v) is 6.47. The van der Waals surface area contributed by atoms with Crippen molar-refractivity contribution in [2.24, 2.45) is 4.99 Å². The summed E-state index contributed by atoms with van der Waals surface area (Å²) in [4.78, 5) is 32.3. The summed E-state index contributed by atoms with van der Waals surface area (Å²) in [6, 6.07) is 15.7. The molecule has 0 spiro atoms. The maximum Gasteiger partial charge on any atom is 0.338 e. The summed E-state index contributed by atoms with van der Waals surface area (Å²) in [5, 5.41) is 0. The molecule has 0 bridgehead atoms. The molecular weight excluding hydrogens is 600 g/mol. The first-order valence-electron chi connectivity index (χ1n) is 14.2. The molecule has 0 saturated carbocycles. The van der Waals surface area contributed by atoms with Gasteiger partial charge in [0.25, 0.3) is 5.56 Å². The predicted octanol–water partition coefficient (Wildman–Crippen LogP) is 3.84. The molecule has 1 aromatic heterocycles. The second-order valence-corrected chi connectivity index (χ2v) is 11.3. The number of allylic oxidation sites excluding steroid dienone is 1. The number of nitrogens with zero attached hydrogens (tertiary/aromatic N) is 2. The molecule has 230 valence electrons. The smallest absolute Gasteiger partial charge is 0.338 e. The van der Waals surface area contributed by atoms with Crippen molar-refractivity contribution >= 4 is 23.4 Å². The zero-order valence-corrected chi connectivity index (χ0v) is 25.5. The number of ether oxygens (including phenoxy) is 7. The Kier molecular flexibility index (Phi) is 7.42. The molecule has 3 aliphatic heterocycles. The fourth-order valence-electron chi connectivity index (χ4n) is 5.43. The van der Waals surface area contributed by atoms with Crippen LogP contribution in [0, 0.1) is 0 Å². The summed E-state index contributed by atoms with van der Waals surface area (Å²) < 4.78 is 40.9. The highest BCUT2D eigenvalue weighted by atomic mass is 32.1. The van der Waals surface area contributed by atoms with E-state index >= 15 is 0 Å². The van der Waals surface area contributed by atoms with Crippen LogP contribution in [0.15, 0.2) is 75.7 Å². The molecule has 4 aromatic rings. The third-order valence-corrected chi connectivity index (χ3v) is 8.53. The SMILES string of the molecule is CCOC(=O)C1=C(C)N=c2s/c(=C\c3ccc(OCc4ccc5c(c4)OCO5)c(OC)c3)c(=O)n2[C@@H]1c1ccc2c(c1)OCO2. The maximum atomic E-state index is 14.0. The van der Waals surface area contributed by atoms with Gasteiger partial charge in [0, 0.05) is 0 Å². The van der Waals surface area contributed by atoms with Crippen molar-refractivity contribution in [3.8, 4) is 34.5 Å². The summed E-state index contributed by atoms with van der Waals surface area (Å²) in [5.74, 6) is 3.06. The van der Waals surface area contributed by atoms with Crippen molar-refractivity contribution in [3.63, 3.8) is 0 Å². The van der Waals surface area contributed by atoms with E-state index in [4.69, 9.17) is 33.2 Å². The molecule has 0 aliphatic carbocycles. The number of carbonyl (C=O) groups excluding carboxylic acids is 1. The van der Waals surface area contributed by atoms with Crippen LogP contribution in [0.5, 0.6) is 34.5 Å². The van der Waals surface area contributed by atoms with Crippen LogP contribution in [0.3, 0.4) is 0 Å². The number of hydrogen-bond acceptors (Lipinski definition) is 11. The first kappa shape index (κ1) is 28.5. The van der Waals surface area contributed by atoms with Gasteiger partial charge in [0.2, 0.25) is 13.6 Å². The van der Waals surface area contributed by atoms with Crippen LogP contribution in [-0.4, -0.2) is 37.8 Å². The van der Waals surface area contributed by atoms with Gasteiger partial charge in [-0.1, -0.05) is 29.5 Å². The van der Waals surface area contributed by atoms with Crippen molar-refractivity contribution < 1.29 is 38.0 Å². The van der Waals surface area contributed by atoms with Crippen molar-refractivity contribution in [2.45, 2.75) is 26.5 Å². The minimum absolute atomic E-state index is 0.104. The number of fused-ring (bicyclic) bond motifs is 3. The van der Waals surface area contributed by atoms with Gasteiger partial charge in [-0.15, -0.1) is 0 Å². The minimum Gasteiger partial charge on any atom is -0.493 e. The highest BCUT2D eigenvalue weighted by Gasteiger charge is 2.34. The number of thiazole rings is 1. The Morgan fingerprint density at radius 2 is 1.71 bits per heavy atom. The molecule has 3 aromatic carbocycles. The minimum atomic E-state index is -0.765. The number of aromatic nitrogens is 1. The average molecular weight is 629 g/mol. The van der Waals surface area contributed by atoms with E-state index in [1.807, 2.05) is 30.3 Å². The molecule has 0 N–H and O–H groups in total. The Balaban J connectivity index is 1.23. The monoisotopic (exact) mass is 628 g/mol. The van der Waals surface area contributed by atoms with E-state index in [0.29, 0.717) is 67.3 Å². The van der Waals surface area contributed by atoms with Crippen molar-refractivity contribution in [1.82, 2.24) is 4.57 Å². The van der Waals surface area contributed by atoms with E-state index in [1.54, 1.807) is 51.3 Å². The van der Waals surface area contributed by atoms with Crippen LogP contribution >= 0.6 is 11.3 Å². The number of benzene rings is 3. The molecule has 11 nitrogen and oxygen atoms in total. The quantitative estimate of drug-likeness (QED) is 0.269. The van der Waals surface area contributed by atoms with Crippen LogP contribution < -0.4 is 43.3 Å². The first-order valence-corrected chi connectivity index (χ1v) is 15.0. The molecular formula is C33H28N2O9S. The molecule has 3 aliphatic rings. The van der Waals surface area contributed by atoms with E-state index in [2.05, 4.69) is 4.99 Å². The van der Waals surface area contributed by atoms with E-state index < -0.39 is 12.0 Å².